The number of aliphatic hydroxyl groups is 1. The largest absolute Gasteiger partial charge is 0.455 e. The summed E-state index contributed by atoms with van der Waals surface area (Å²) in [6, 6.07) is 15.1. The molecule has 9 unspecified atom stereocenters. The van der Waals surface area contributed by atoms with E-state index in [4.69, 9.17) is 32.2 Å². The van der Waals surface area contributed by atoms with Gasteiger partial charge in [0.15, 0.2) is 22.4 Å². The second-order valence-corrected chi connectivity index (χ2v) is 30.5. The highest BCUT2D eigenvalue weighted by atomic mass is 28.4. The standard InChI is InChI=1S/C44H73O9Si3/c1-15-55(16-2,17-3)51-31-27-44(53-54(13)14)38(48-39(45)30-24-22-21-23-25-30)36-42(12,37-35(49-41(10,11)50-37)34(29(31)7)40(44,8)9)32(26-33-43(36,46)28-47-33)52-56(18-4,19-5)20-6/h21-25,31-33,35-38,46H,15-20,26-28H2,1-14H3/t31?,32?,33?,35?,36?,37?,38?,42-,43?,44?/m1/s1. The van der Waals surface area contributed by atoms with E-state index >= 15 is 0 Å². The van der Waals surface area contributed by atoms with Gasteiger partial charge in [0.1, 0.15) is 23.4 Å². The first-order valence-corrected chi connectivity index (χ1v) is 29.2. The van der Waals surface area contributed by atoms with Gasteiger partial charge >= 0.3 is 5.97 Å². The van der Waals surface area contributed by atoms with Crippen molar-refractivity contribution in [3.05, 3.63) is 47.0 Å². The Kier molecular flexibility index (Phi) is 12.4. The number of ether oxygens (including phenoxy) is 4. The van der Waals surface area contributed by atoms with Crippen LogP contribution in [0.3, 0.4) is 0 Å². The zero-order valence-electron chi connectivity index (χ0n) is 37.0. The number of carbonyl (C=O) groups excluding carboxylic acids is 1. The fraction of sp³-hybridized carbons (Fsp3) is 0.795. The van der Waals surface area contributed by atoms with Gasteiger partial charge in [0, 0.05) is 29.6 Å². The molecule has 5 aliphatic rings. The maximum Gasteiger partial charge on any atom is 0.338 e. The molecule has 0 aromatic heterocycles. The number of rotatable bonds is 14. The van der Waals surface area contributed by atoms with Gasteiger partial charge in [0.2, 0.25) is 9.04 Å². The van der Waals surface area contributed by atoms with E-state index in [0.717, 1.165) is 47.4 Å². The number of benzene rings is 1. The van der Waals surface area contributed by atoms with Crippen molar-refractivity contribution in [2.24, 2.45) is 16.7 Å². The minimum atomic E-state index is -2.26. The van der Waals surface area contributed by atoms with E-state index in [1.807, 2.05) is 32.0 Å². The van der Waals surface area contributed by atoms with Crippen molar-refractivity contribution in [1.82, 2.24) is 0 Å². The highest BCUT2D eigenvalue weighted by Crippen LogP contribution is 2.68. The van der Waals surface area contributed by atoms with Gasteiger partial charge < -0.3 is 37.3 Å². The quantitative estimate of drug-likeness (QED) is 0.112. The maximum atomic E-state index is 14.8. The highest BCUT2D eigenvalue weighted by Gasteiger charge is 2.79. The van der Waals surface area contributed by atoms with Crippen LogP contribution in [0, 0.1) is 16.7 Å². The number of fused-ring (bicyclic) bond motifs is 8. The lowest BCUT2D eigenvalue weighted by Gasteiger charge is -2.70. The first kappa shape index (κ1) is 44.4. The molecule has 9 nitrogen and oxygen atoms in total. The Morgan fingerprint density at radius 1 is 0.875 bits per heavy atom. The smallest absolute Gasteiger partial charge is 0.338 e. The van der Waals surface area contributed by atoms with Gasteiger partial charge in [0.05, 0.1) is 36.6 Å². The van der Waals surface area contributed by atoms with Crippen LogP contribution in [0.15, 0.2) is 41.5 Å². The van der Waals surface area contributed by atoms with E-state index in [-0.39, 0.29) is 18.8 Å². The predicted molar refractivity (Wildman–Crippen MR) is 227 cm³/mol. The summed E-state index contributed by atoms with van der Waals surface area (Å²) < 4.78 is 50.9. The Hall–Kier alpha value is -1.20. The summed E-state index contributed by atoms with van der Waals surface area (Å²) in [6.45, 7) is 31.0. The topological polar surface area (TPSA) is 102 Å². The van der Waals surface area contributed by atoms with Crippen molar-refractivity contribution in [2.75, 3.05) is 6.61 Å². The molecule has 56 heavy (non-hydrogen) atoms. The van der Waals surface area contributed by atoms with E-state index in [0.29, 0.717) is 18.4 Å². The van der Waals surface area contributed by atoms with Gasteiger partial charge in [-0.25, -0.2) is 4.79 Å². The van der Waals surface area contributed by atoms with Crippen LogP contribution in [0.2, 0.25) is 49.4 Å². The van der Waals surface area contributed by atoms with E-state index in [2.05, 4.69) is 82.3 Å². The maximum absolute atomic E-state index is 14.8. The SMILES string of the molecule is CC[Si](CC)(CC)OC1CC2(O[Si](C)C)C(OC(=O)c3ccccc3)C3C4(O)COC4CC(O[Si](CC)(CC)CC)[C@@]3(C)C3OC(C)(C)OC3C(=C1C)C2(C)C. The van der Waals surface area contributed by atoms with Crippen molar-refractivity contribution in [1.29, 1.82) is 0 Å². The molecule has 2 aliphatic heterocycles. The molecule has 2 saturated heterocycles. The molecular formula is C44H73O9Si3. The molecule has 1 N–H and O–H groups in total. The molecule has 315 valence electrons. The second-order valence-electron chi connectivity index (χ2n) is 19.1. The normalized spacial score (nSPS) is 37.5. The summed E-state index contributed by atoms with van der Waals surface area (Å²) >= 11 is 0. The number of hydrogen-bond acceptors (Lipinski definition) is 9. The van der Waals surface area contributed by atoms with E-state index in [1.54, 1.807) is 12.1 Å². The Morgan fingerprint density at radius 3 is 1.96 bits per heavy atom. The summed E-state index contributed by atoms with van der Waals surface area (Å²) in [7, 11) is -5.92. The summed E-state index contributed by atoms with van der Waals surface area (Å²) in [6.07, 6.45) is -2.16. The van der Waals surface area contributed by atoms with Crippen LogP contribution < -0.4 is 0 Å². The molecule has 1 aromatic rings. The monoisotopic (exact) mass is 829 g/mol. The van der Waals surface area contributed by atoms with Crippen LogP contribution in [0.25, 0.3) is 0 Å². The van der Waals surface area contributed by atoms with Gasteiger partial charge in [-0.2, -0.15) is 0 Å². The zero-order chi connectivity index (χ0) is 41.3. The molecule has 2 heterocycles. The first-order chi connectivity index (χ1) is 26.2. The summed E-state index contributed by atoms with van der Waals surface area (Å²) in [4.78, 5) is 14.8. The third kappa shape index (κ3) is 6.85. The van der Waals surface area contributed by atoms with E-state index in [9.17, 15) is 9.90 Å². The molecule has 2 bridgehead atoms. The number of carbonyl (C=O) groups is 1. The van der Waals surface area contributed by atoms with Crippen LogP contribution in [0.4, 0.5) is 0 Å². The minimum absolute atomic E-state index is 0.120. The van der Waals surface area contributed by atoms with Gasteiger partial charge in [-0.05, 0) is 93.4 Å². The van der Waals surface area contributed by atoms with E-state index < -0.39 is 89.8 Å². The minimum Gasteiger partial charge on any atom is -0.455 e. The molecule has 12 heteroatoms. The third-order valence-electron chi connectivity index (χ3n) is 15.6. The second kappa shape index (κ2) is 15.7. The van der Waals surface area contributed by atoms with Gasteiger partial charge in [-0.15, -0.1) is 0 Å². The molecule has 6 rings (SSSR count). The number of hydrogen-bond donors (Lipinski definition) is 1. The van der Waals surface area contributed by atoms with Crippen molar-refractivity contribution >= 4 is 31.6 Å². The first-order valence-electron chi connectivity index (χ1n) is 21.7. The number of esters is 1. The molecule has 3 aliphatic carbocycles. The molecular weight excluding hydrogens is 757 g/mol. The van der Waals surface area contributed by atoms with Crippen molar-refractivity contribution in [3.63, 3.8) is 0 Å². The molecule has 4 fully saturated rings. The molecule has 10 atom stereocenters. The predicted octanol–water partition coefficient (Wildman–Crippen LogP) is 9.44. The average Bonchev–Trinajstić information content (AvgIpc) is 3.49. The molecule has 2 saturated carbocycles. The van der Waals surface area contributed by atoms with Crippen LogP contribution in [-0.4, -0.2) is 97.0 Å². The van der Waals surface area contributed by atoms with Crippen LogP contribution in [0.5, 0.6) is 0 Å². The van der Waals surface area contributed by atoms with Crippen LogP contribution >= 0.6 is 0 Å². The lowest BCUT2D eigenvalue weighted by molar-refractivity contribution is -0.358. The Morgan fingerprint density at radius 2 is 1.45 bits per heavy atom. The lowest BCUT2D eigenvalue weighted by Crippen LogP contribution is -2.82. The summed E-state index contributed by atoms with van der Waals surface area (Å²) in [5.41, 5.74) is -1.41. The summed E-state index contributed by atoms with van der Waals surface area (Å²) in [5, 5.41) is 13.4. The average molecular weight is 830 g/mol. The molecule has 0 amide bonds. The Balaban J connectivity index is 1.72. The van der Waals surface area contributed by atoms with Crippen molar-refractivity contribution < 1.29 is 42.1 Å². The van der Waals surface area contributed by atoms with Gasteiger partial charge in [0.25, 0.3) is 0 Å². The van der Waals surface area contributed by atoms with Gasteiger partial charge in [-0.3, -0.25) is 0 Å². The third-order valence-corrected chi connectivity index (χ3v) is 25.6. The van der Waals surface area contributed by atoms with Crippen molar-refractivity contribution in [3.8, 4) is 0 Å². The Labute approximate surface area is 341 Å². The molecule has 1 radical (unpaired) electrons. The van der Waals surface area contributed by atoms with Crippen LogP contribution in [-0.2, 0) is 32.2 Å². The van der Waals surface area contributed by atoms with Crippen molar-refractivity contribution in [2.45, 2.75) is 199 Å². The van der Waals surface area contributed by atoms with Gasteiger partial charge in [-0.1, -0.05) is 80.5 Å². The molecule has 1 aromatic carbocycles. The van der Waals surface area contributed by atoms with Crippen LogP contribution in [0.1, 0.15) is 106 Å². The van der Waals surface area contributed by atoms with E-state index in [1.165, 1.54) is 0 Å². The lowest BCUT2D eigenvalue weighted by atomic mass is 9.44. The zero-order valence-corrected chi connectivity index (χ0v) is 40.0. The highest BCUT2D eigenvalue weighted by molar-refractivity contribution is 6.74. The fourth-order valence-corrected chi connectivity index (χ4v) is 18.8. The molecule has 0 spiro atoms. The fourth-order valence-electron chi connectivity index (χ4n) is 11.8. The Bertz CT molecular complexity index is 1590. The summed E-state index contributed by atoms with van der Waals surface area (Å²) in [5.74, 6) is -2.08.